The van der Waals surface area contributed by atoms with Gasteiger partial charge in [-0.05, 0) is 55.7 Å². The van der Waals surface area contributed by atoms with Gasteiger partial charge in [-0.3, -0.25) is 0 Å². The molecule has 0 N–H and O–H groups in total. The summed E-state index contributed by atoms with van der Waals surface area (Å²) in [6.07, 6.45) is 32.8. The molecule has 194 valence electrons. The van der Waals surface area contributed by atoms with Gasteiger partial charge in [0.25, 0.3) is 0 Å². The van der Waals surface area contributed by atoms with Crippen LogP contribution in [0.4, 0.5) is 0 Å². The van der Waals surface area contributed by atoms with E-state index in [0.29, 0.717) is 0 Å². The van der Waals surface area contributed by atoms with E-state index in [1.165, 1.54) is 39.1 Å². The highest BCUT2D eigenvalue weighted by Crippen LogP contribution is 2.36. The zero-order chi connectivity index (χ0) is 27.4. The number of allylic oxidation sites excluding steroid dienone is 11. The summed E-state index contributed by atoms with van der Waals surface area (Å²) in [6.45, 7) is 12.2. The van der Waals surface area contributed by atoms with Crippen LogP contribution in [0, 0.1) is 0 Å². The van der Waals surface area contributed by atoms with Crippen LogP contribution >= 0.6 is 0 Å². The molecule has 0 saturated carbocycles. The fourth-order valence-electron chi connectivity index (χ4n) is 5.52. The fraction of sp³-hybridized carbons (Fsp3) is 0.162. The van der Waals surface area contributed by atoms with Crippen molar-refractivity contribution in [2.45, 2.75) is 33.1 Å². The van der Waals surface area contributed by atoms with Crippen LogP contribution in [0.25, 0.3) is 52.6 Å². The highest BCUT2D eigenvalue weighted by molar-refractivity contribution is 5.98. The summed E-state index contributed by atoms with van der Waals surface area (Å²) in [5.41, 5.74) is 15.5. The molecule has 0 saturated heterocycles. The van der Waals surface area contributed by atoms with Crippen molar-refractivity contribution in [3.63, 3.8) is 0 Å². The molecular weight excluding hydrogens is 472 g/mol. The minimum Gasteiger partial charge on any atom is -0.343 e. The summed E-state index contributed by atoms with van der Waals surface area (Å²) in [6, 6.07) is 6.80. The molecule has 0 bridgehead atoms. The molecule has 0 unspecified atom stereocenters. The highest BCUT2D eigenvalue weighted by Gasteiger charge is 2.19. The highest BCUT2D eigenvalue weighted by atomic mass is 15.0. The maximum Gasteiger partial charge on any atom is 0.0567 e. The van der Waals surface area contributed by atoms with E-state index in [4.69, 9.17) is 0 Å². The monoisotopic (exact) mass is 508 g/mol. The molecule has 0 amide bonds. The Kier molecular flexibility index (Phi) is 7.68. The molecule has 2 heteroatoms. The molecular formula is C37H36N2. The molecule has 0 spiro atoms. The molecule has 3 aromatic rings. The van der Waals surface area contributed by atoms with E-state index in [0.717, 1.165) is 41.7 Å². The van der Waals surface area contributed by atoms with Crippen molar-refractivity contribution < 1.29 is 0 Å². The Bertz CT molecular complexity index is 1710. The summed E-state index contributed by atoms with van der Waals surface area (Å²) >= 11 is 0. The minimum atomic E-state index is 0.849. The lowest BCUT2D eigenvalue weighted by Crippen LogP contribution is -2.01. The quantitative estimate of drug-likeness (QED) is 0.163. The lowest BCUT2D eigenvalue weighted by atomic mass is 10.0. The Labute approximate surface area is 232 Å². The van der Waals surface area contributed by atoms with E-state index >= 15 is 0 Å². The van der Waals surface area contributed by atoms with Crippen molar-refractivity contribution >= 4 is 52.6 Å². The fourth-order valence-corrected chi connectivity index (χ4v) is 5.52. The van der Waals surface area contributed by atoms with Gasteiger partial charge >= 0.3 is 0 Å². The number of hydrogen-bond donors (Lipinski definition) is 0. The molecule has 39 heavy (non-hydrogen) atoms. The second-order valence-corrected chi connectivity index (χ2v) is 9.77. The molecule has 0 atom stereocenters. The van der Waals surface area contributed by atoms with E-state index in [1.54, 1.807) is 0 Å². The van der Waals surface area contributed by atoms with Crippen molar-refractivity contribution in [1.82, 2.24) is 9.13 Å². The molecule has 0 fully saturated rings. The van der Waals surface area contributed by atoms with E-state index in [-0.39, 0.29) is 0 Å². The van der Waals surface area contributed by atoms with E-state index in [9.17, 15) is 0 Å². The normalized spacial score (nSPS) is 14.6. The third-order valence-corrected chi connectivity index (χ3v) is 7.45. The van der Waals surface area contributed by atoms with Crippen LogP contribution in [0.3, 0.4) is 0 Å². The van der Waals surface area contributed by atoms with Crippen LogP contribution in [0.15, 0.2) is 91.8 Å². The van der Waals surface area contributed by atoms with Gasteiger partial charge in [-0.15, -0.1) is 12.3 Å². The molecule has 2 nitrogen and oxygen atoms in total. The summed E-state index contributed by atoms with van der Waals surface area (Å²) < 4.78 is 4.64. The average Bonchev–Trinajstić information content (AvgIpc) is 3.16. The second kappa shape index (κ2) is 11.5. The van der Waals surface area contributed by atoms with Crippen LogP contribution in [0.5, 0.6) is 0 Å². The maximum atomic E-state index is 4.11. The Hall–Kier alpha value is -4.52. The zero-order valence-electron chi connectivity index (χ0n) is 23.2. The lowest BCUT2D eigenvalue weighted by Gasteiger charge is -2.11. The van der Waals surface area contributed by atoms with Gasteiger partial charge in [0.05, 0.1) is 11.2 Å². The first-order chi connectivity index (χ1) is 19.1. The van der Waals surface area contributed by atoms with Crippen molar-refractivity contribution in [3.8, 4) is 0 Å². The zero-order valence-corrected chi connectivity index (χ0v) is 23.2. The van der Waals surface area contributed by atoms with Crippen LogP contribution in [-0.2, 0) is 13.5 Å². The Morgan fingerprint density at radius 3 is 2.72 bits per heavy atom. The summed E-state index contributed by atoms with van der Waals surface area (Å²) in [5, 5.41) is 1.25. The molecule has 1 aromatic carbocycles. The summed E-state index contributed by atoms with van der Waals surface area (Å²) in [4.78, 5) is 0. The first kappa shape index (κ1) is 26.1. The van der Waals surface area contributed by atoms with Gasteiger partial charge in [-0.1, -0.05) is 80.3 Å². The number of hydrogen-bond acceptors (Lipinski definition) is 0. The molecule has 2 aliphatic rings. The van der Waals surface area contributed by atoms with Gasteiger partial charge in [-0.2, -0.15) is 0 Å². The van der Waals surface area contributed by atoms with Crippen molar-refractivity contribution in [2.75, 3.05) is 0 Å². The summed E-state index contributed by atoms with van der Waals surface area (Å²) in [5.74, 6) is 0. The minimum absolute atomic E-state index is 0.849. The predicted octanol–water partition coefficient (Wildman–Crippen LogP) is 9.89. The lowest BCUT2D eigenvalue weighted by molar-refractivity contribution is 0.900. The SMILES string of the molecule is C=CCC=C/C(=C\C)n1c2c(c3cc(C4=C=Cc5c(c(C=C)c(/C=C\CC)n5C)C=C4)ccc31)C=CC=CC2. The van der Waals surface area contributed by atoms with Crippen LogP contribution in [0.1, 0.15) is 66.0 Å². The van der Waals surface area contributed by atoms with Gasteiger partial charge in [0.15, 0.2) is 0 Å². The first-order valence-electron chi connectivity index (χ1n) is 13.7. The van der Waals surface area contributed by atoms with Crippen molar-refractivity contribution in [2.24, 2.45) is 7.05 Å². The third kappa shape index (κ3) is 4.76. The predicted molar refractivity (Wildman–Crippen MR) is 173 cm³/mol. The maximum absolute atomic E-state index is 4.11. The molecule has 2 aromatic heterocycles. The van der Waals surface area contributed by atoms with Crippen LogP contribution in [0.2, 0.25) is 0 Å². The van der Waals surface area contributed by atoms with Crippen LogP contribution < -0.4 is 0 Å². The van der Waals surface area contributed by atoms with Gasteiger partial charge in [0.1, 0.15) is 0 Å². The molecule has 2 aliphatic carbocycles. The standard InChI is InChI=1S/C37H36N2/c1-6-10-13-16-29(8-3)39-36-19-15-12-14-17-31(36)33-26-28(22-25-37(33)39)27-20-23-32-30(9-4)34(18-11-7-2)38(5)35(32)24-21-27/h6,8-9,11-18,20,22-26H,1,4,7,10,19H2,2-3,5H3/b16-13?,18-11-,29-8+. The number of fused-ring (bicyclic) bond motifs is 4. The van der Waals surface area contributed by atoms with E-state index in [1.807, 2.05) is 12.2 Å². The Morgan fingerprint density at radius 1 is 1.08 bits per heavy atom. The molecule has 0 radical (unpaired) electrons. The van der Waals surface area contributed by atoms with Gasteiger partial charge in [0, 0.05) is 64.3 Å². The third-order valence-electron chi connectivity index (χ3n) is 7.45. The smallest absolute Gasteiger partial charge is 0.0567 e. The Balaban J connectivity index is 1.65. The van der Waals surface area contributed by atoms with E-state index in [2.05, 4.69) is 140 Å². The number of aromatic nitrogens is 2. The molecule has 2 heterocycles. The van der Waals surface area contributed by atoms with Crippen LogP contribution in [-0.4, -0.2) is 9.13 Å². The summed E-state index contributed by atoms with van der Waals surface area (Å²) in [7, 11) is 2.12. The molecule has 0 aliphatic heterocycles. The van der Waals surface area contributed by atoms with Gasteiger partial charge < -0.3 is 9.13 Å². The molecule has 5 rings (SSSR count). The van der Waals surface area contributed by atoms with Crippen molar-refractivity contribution in [1.29, 1.82) is 0 Å². The van der Waals surface area contributed by atoms with Gasteiger partial charge in [0.2, 0.25) is 0 Å². The number of rotatable bonds is 8. The van der Waals surface area contributed by atoms with Crippen molar-refractivity contribution in [3.05, 3.63) is 131 Å². The number of benzene rings is 1. The average molecular weight is 509 g/mol. The Morgan fingerprint density at radius 2 is 1.95 bits per heavy atom. The topological polar surface area (TPSA) is 9.86 Å². The van der Waals surface area contributed by atoms with E-state index < -0.39 is 0 Å². The largest absolute Gasteiger partial charge is 0.343 e. The van der Waals surface area contributed by atoms with Gasteiger partial charge in [-0.25, -0.2) is 0 Å². The second-order valence-electron chi connectivity index (χ2n) is 9.77. The first-order valence-corrected chi connectivity index (χ1v) is 13.7. The number of nitrogens with zero attached hydrogens (tertiary/aromatic N) is 2.